The molecule has 0 heterocycles. The van der Waals surface area contributed by atoms with Crippen molar-refractivity contribution in [3.63, 3.8) is 0 Å². The Bertz CT molecular complexity index is 701. The molecule has 0 aliphatic heterocycles. The number of nitrogens with one attached hydrogen (secondary N) is 1. The quantitative estimate of drug-likeness (QED) is 0.649. The molecule has 138 valence electrons. The number of rotatable bonds is 5. The van der Waals surface area contributed by atoms with Gasteiger partial charge in [0.05, 0.1) is 0 Å². The van der Waals surface area contributed by atoms with E-state index in [-0.39, 0.29) is 18.1 Å². The second kappa shape index (κ2) is 6.90. The molecule has 5 rings (SSSR count). The molecule has 0 radical (unpaired) electrons. The van der Waals surface area contributed by atoms with Gasteiger partial charge in [0.25, 0.3) is 5.91 Å². The van der Waals surface area contributed by atoms with Crippen LogP contribution in [-0.4, -0.2) is 24.0 Å². The lowest BCUT2D eigenvalue weighted by atomic mass is 9.53. The van der Waals surface area contributed by atoms with E-state index in [9.17, 15) is 9.59 Å². The first kappa shape index (κ1) is 17.3. The van der Waals surface area contributed by atoms with E-state index in [1.54, 1.807) is 6.08 Å². The van der Waals surface area contributed by atoms with Crippen molar-refractivity contribution in [2.45, 2.75) is 51.0 Å². The third-order valence-corrected chi connectivity index (χ3v) is 6.38. The summed E-state index contributed by atoms with van der Waals surface area (Å²) in [4.78, 5) is 24.3. The minimum absolute atomic E-state index is 0.0325. The Hall–Kier alpha value is -2.10. The standard InChI is InChI=1S/C22H27NO3/c1-15-4-2-3-5-19(15)6-7-21(25)26-14-20(24)23-22-11-16-8-17(12-22)10-18(9-16)13-22/h2-7,16-18H,8-14H2,1H3,(H,23,24)/b7-6+. The zero-order valence-electron chi connectivity index (χ0n) is 15.4. The fourth-order valence-corrected chi connectivity index (χ4v) is 5.71. The monoisotopic (exact) mass is 353 g/mol. The number of hydrogen-bond acceptors (Lipinski definition) is 3. The van der Waals surface area contributed by atoms with Gasteiger partial charge in [-0.1, -0.05) is 24.3 Å². The summed E-state index contributed by atoms with van der Waals surface area (Å²) in [5, 5.41) is 3.22. The van der Waals surface area contributed by atoms with Gasteiger partial charge < -0.3 is 10.1 Å². The van der Waals surface area contributed by atoms with Crippen LogP contribution in [0, 0.1) is 24.7 Å². The van der Waals surface area contributed by atoms with E-state index in [1.165, 1.54) is 25.3 Å². The lowest BCUT2D eigenvalue weighted by Gasteiger charge is -2.56. The zero-order valence-corrected chi connectivity index (χ0v) is 15.4. The molecule has 1 aromatic rings. The van der Waals surface area contributed by atoms with Crippen LogP contribution in [0.25, 0.3) is 6.08 Å². The van der Waals surface area contributed by atoms with Gasteiger partial charge in [-0.05, 0) is 80.4 Å². The molecule has 26 heavy (non-hydrogen) atoms. The SMILES string of the molecule is Cc1ccccc1/C=C/C(=O)OCC(=O)NC12CC3CC(CC(C3)C1)C2. The number of hydrogen-bond donors (Lipinski definition) is 1. The van der Waals surface area contributed by atoms with E-state index < -0.39 is 5.97 Å². The van der Waals surface area contributed by atoms with E-state index in [2.05, 4.69) is 5.32 Å². The minimum atomic E-state index is -0.478. The maximum Gasteiger partial charge on any atom is 0.331 e. The molecule has 0 saturated heterocycles. The van der Waals surface area contributed by atoms with Gasteiger partial charge in [-0.3, -0.25) is 4.79 Å². The van der Waals surface area contributed by atoms with Gasteiger partial charge in [-0.15, -0.1) is 0 Å². The molecular weight excluding hydrogens is 326 g/mol. The largest absolute Gasteiger partial charge is 0.452 e. The van der Waals surface area contributed by atoms with Crippen molar-refractivity contribution in [3.05, 3.63) is 41.5 Å². The maximum absolute atomic E-state index is 12.3. The van der Waals surface area contributed by atoms with Gasteiger partial charge in [0.2, 0.25) is 0 Å². The number of benzene rings is 1. The van der Waals surface area contributed by atoms with Gasteiger partial charge in [0.1, 0.15) is 0 Å². The molecule has 4 fully saturated rings. The third kappa shape index (κ3) is 3.69. The molecular formula is C22H27NO3. The third-order valence-electron chi connectivity index (χ3n) is 6.38. The molecule has 1 N–H and O–H groups in total. The summed E-state index contributed by atoms with van der Waals surface area (Å²) in [6.07, 6.45) is 10.5. The summed E-state index contributed by atoms with van der Waals surface area (Å²) in [6, 6.07) is 7.82. The van der Waals surface area contributed by atoms with Crippen molar-refractivity contribution in [1.29, 1.82) is 0 Å². The van der Waals surface area contributed by atoms with Gasteiger partial charge >= 0.3 is 5.97 Å². The summed E-state index contributed by atoms with van der Waals surface area (Å²) >= 11 is 0. The molecule has 4 nitrogen and oxygen atoms in total. The first-order chi connectivity index (χ1) is 12.5. The van der Waals surface area contributed by atoms with E-state index in [0.29, 0.717) is 0 Å². The van der Waals surface area contributed by atoms with Crippen molar-refractivity contribution >= 4 is 18.0 Å². The first-order valence-corrected chi connectivity index (χ1v) is 9.73. The fourth-order valence-electron chi connectivity index (χ4n) is 5.71. The topological polar surface area (TPSA) is 55.4 Å². The Kier molecular flexibility index (Phi) is 4.60. The molecule has 4 bridgehead atoms. The lowest BCUT2D eigenvalue weighted by molar-refractivity contribution is -0.145. The van der Waals surface area contributed by atoms with Crippen LogP contribution < -0.4 is 5.32 Å². The number of carbonyl (C=O) groups is 2. The van der Waals surface area contributed by atoms with Crippen molar-refractivity contribution in [1.82, 2.24) is 5.32 Å². The predicted octanol–water partition coefficient (Wildman–Crippen LogP) is 3.64. The van der Waals surface area contributed by atoms with E-state index in [4.69, 9.17) is 4.74 Å². The molecule has 0 spiro atoms. The molecule has 4 saturated carbocycles. The van der Waals surface area contributed by atoms with Gasteiger partial charge in [0.15, 0.2) is 6.61 Å². The molecule has 0 atom stereocenters. The van der Waals surface area contributed by atoms with Crippen LogP contribution in [0.3, 0.4) is 0 Å². The van der Waals surface area contributed by atoms with Gasteiger partial charge in [-0.25, -0.2) is 4.79 Å². The second-order valence-electron chi connectivity index (χ2n) is 8.54. The summed E-state index contributed by atoms with van der Waals surface area (Å²) in [7, 11) is 0. The Morgan fingerprint density at radius 1 is 1.12 bits per heavy atom. The summed E-state index contributed by atoms with van der Waals surface area (Å²) in [5.74, 6) is 1.70. The molecule has 1 amide bonds. The Labute approximate surface area is 155 Å². The van der Waals surface area contributed by atoms with Crippen molar-refractivity contribution < 1.29 is 14.3 Å². The normalized spacial score (nSPS) is 32.0. The average Bonchev–Trinajstić information content (AvgIpc) is 2.57. The minimum Gasteiger partial charge on any atom is -0.452 e. The van der Waals surface area contributed by atoms with Crippen LogP contribution in [0.4, 0.5) is 0 Å². The number of carbonyl (C=O) groups excluding carboxylic acids is 2. The van der Waals surface area contributed by atoms with E-state index >= 15 is 0 Å². The number of ether oxygens (including phenoxy) is 1. The molecule has 4 heteroatoms. The highest BCUT2D eigenvalue weighted by Crippen LogP contribution is 2.55. The fraction of sp³-hybridized carbons (Fsp3) is 0.545. The molecule has 0 unspecified atom stereocenters. The maximum atomic E-state index is 12.3. The number of esters is 1. The highest BCUT2D eigenvalue weighted by molar-refractivity contribution is 5.89. The van der Waals surface area contributed by atoms with Crippen LogP contribution >= 0.6 is 0 Å². The first-order valence-electron chi connectivity index (χ1n) is 9.73. The Balaban J connectivity index is 1.28. The van der Waals surface area contributed by atoms with Crippen molar-refractivity contribution in [2.75, 3.05) is 6.61 Å². The lowest BCUT2D eigenvalue weighted by Crippen LogP contribution is -2.60. The van der Waals surface area contributed by atoms with E-state index in [1.807, 2.05) is 31.2 Å². The van der Waals surface area contributed by atoms with Crippen LogP contribution in [0.15, 0.2) is 30.3 Å². The Morgan fingerprint density at radius 3 is 2.35 bits per heavy atom. The van der Waals surface area contributed by atoms with Crippen LogP contribution in [0.2, 0.25) is 0 Å². The summed E-state index contributed by atoms with van der Waals surface area (Å²) < 4.78 is 5.14. The van der Waals surface area contributed by atoms with E-state index in [0.717, 1.165) is 48.1 Å². The molecule has 0 aromatic heterocycles. The highest BCUT2D eigenvalue weighted by Gasteiger charge is 2.51. The molecule has 1 aromatic carbocycles. The highest BCUT2D eigenvalue weighted by atomic mass is 16.5. The molecule has 4 aliphatic rings. The smallest absolute Gasteiger partial charge is 0.331 e. The number of aryl methyl sites for hydroxylation is 1. The van der Waals surface area contributed by atoms with Gasteiger partial charge in [0, 0.05) is 11.6 Å². The van der Waals surface area contributed by atoms with Gasteiger partial charge in [-0.2, -0.15) is 0 Å². The molecule has 4 aliphatic carbocycles. The predicted molar refractivity (Wildman–Crippen MR) is 100 cm³/mol. The van der Waals surface area contributed by atoms with Crippen LogP contribution in [0.5, 0.6) is 0 Å². The van der Waals surface area contributed by atoms with Crippen LogP contribution in [-0.2, 0) is 14.3 Å². The summed E-state index contributed by atoms with van der Waals surface area (Å²) in [5.41, 5.74) is 2.04. The van der Waals surface area contributed by atoms with Crippen molar-refractivity contribution in [2.24, 2.45) is 17.8 Å². The average molecular weight is 353 g/mol. The van der Waals surface area contributed by atoms with Crippen molar-refractivity contribution in [3.8, 4) is 0 Å². The van der Waals surface area contributed by atoms with Crippen LogP contribution in [0.1, 0.15) is 49.7 Å². The Morgan fingerprint density at radius 2 is 1.73 bits per heavy atom. The second-order valence-corrected chi connectivity index (χ2v) is 8.54. The summed E-state index contributed by atoms with van der Waals surface area (Å²) in [6.45, 7) is 1.79. The zero-order chi connectivity index (χ0) is 18.1. The number of amides is 1.